The van der Waals surface area contributed by atoms with Gasteiger partial charge in [0.15, 0.2) is 5.75 Å². The molecule has 1 fully saturated rings. The van der Waals surface area contributed by atoms with Crippen LogP contribution in [0.5, 0.6) is 11.6 Å². The van der Waals surface area contributed by atoms with Crippen LogP contribution in [0, 0.1) is 12.3 Å². The van der Waals surface area contributed by atoms with E-state index in [0.29, 0.717) is 42.7 Å². The zero-order valence-corrected chi connectivity index (χ0v) is 27.2. The highest BCUT2D eigenvalue weighted by Crippen LogP contribution is 2.59. The number of aliphatic carboxylic acids is 1. The summed E-state index contributed by atoms with van der Waals surface area (Å²) in [6.45, 7) is 3.05. The molecule has 1 atom stereocenters. The van der Waals surface area contributed by atoms with Gasteiger partial charge in [-0.25, -0.2) is 9.67 Å². The molecule has 4 aromatic rings. The fourth-order valence-corrected chi connectivity index (χ4v) is 8.11. The van der Waals surface area contributed by atoms with Crippen molar-refractivity contribution in [1.82, 2.24) is 24.3 Å². The Bertz CT molecular complexity index is 1810. The van der Waals surface area contributed by atoms with Crippen LogP contribution in [0.25, 0.3) is 11.0 Å². The smallest absolute Gasteiger partial charge is 0.387 e. The first-order valence-electron chi connectivity index (χ1n) is 15.1. The quantitative estimate of drug-likeness (QED) is 0.202. The van der Waals surface area contributed by atoms with E-state index in [1.54, 1.807) is 55.7 Å². The van der Waals surface area contributed by atoms with Crippen LogP contribution in [0.4, 0.5) is 8.78 Å². The second kappa shape index (κ2) is 12.3. The number of nitrogens with zero attached hydrogens (tertiary/aromatic N) is 5. The van der Waals surface area contributed by atoms with Crippen molar-refractivity contribution < 1.29 is 42.0 Å². The fourth-order valence-electron chi connectivity index (χ4n) is 6.51. The minimum Gasteiger partial charge on any atom is -0.481 e. The highest BCUT2D eigenvalue weighted by atomic mass is 32.3. The third kappa shape index (κ3) is 6.13. The fraction of sp³-hybridized carbons (Fsp3) is 0.438. The van der Waals surface area contributed by atoms with Crippen molar-refractivity contribution in [2.45, 2.75) is 63.2 Å². The van der Waals surface area contributed by atoms with E-state index in [1.165, 1.54) is 10.7 Å². The topological polar surface area (TPSA) is 152 Å². The van der Waals surface area contributed by atoms with Gasteiger partial charge in [0.1, 0.15) is 21.5 Å². The number of hydrogen-bond donors (Lipinski definition) is 3. The van der Waals surface area contributed by atoms with Crippen LogP contribution in [-0.4, -0.2) is 76.4 Å². The van der Waals surface area contributed by atoms with E-state index in [-0.39, 0.29) is 40.6 Å². The number of benzene rings is 2. The Labute approximate surface area is 271 Å². The number of rotatable bonds is 8. The van der Waals surface area contributed by atoms with Crippen LogP contribution in [0.2, 0.25) is 0 Å². The van der Waals surface area contributed by atoms with Gasteiger partial charge < -0.3 is 19.3 Å². The van der Waals surface area contributed by atoms with Crippen LogP contribution in [0.1, 0.15) is 54.9 Å². The molecule has 252 valence electrons. The number of halogens is 2. The van der Waals surface area contributed by atoms with Crippen LogP contribution in [0.15, 0.2) is 53.6 Å². The molecule has 47 heavy (non-hydrogen) atoms. The molecule has 2 aromatic heterocycles. The number of aromatic nitrogens is 4. The van der Waals surface area contributed by atoms with E-state index in [0.717, 1.165) is 5.56 Å². The van der Waals surface area contributed by atoms with Crippen molar-refractivity contribution in [2.24, 2.45) is 12.5 Å². The van der Waals surface area contributed by atoms with Gasteiger partial charge in [0.25, 0.3) is 0 Å². The first-order chi connectivity index (χ1) is 22.2. The Kier molecular flexibility index (Phi) is 8.63. The molecule has 0 saturated carbocycles. The molecule has 2 aromatic carbocycles. The molecule has 0 aliphatic carbocycles. The van der Waals surface area contributed by atoms with Gasteiger partial charge in [0, 0.05) is 38.5 Å². The third-order valence-corrected chi connectivity index (χ3v) is 11.0. The average molecular weight is 674 g/mol. The van der Waals surface area contributed by atoms with Gasteiger partial charge in [-0.3, -0.25) is 13.9 Å². The SMILES string of the molecule is Cc1ccc(C(c2cc(OC(F)F)c3c(c2)nnn3C)C(C)(C)C(=O)O)cc1CN1CC2(CCOCC2)Oc2ncccc2S1(O)O. The first kappa shape index (κ1) is 33.0. The Balaban J connectivity index is 1.46. The molecular formula is C32H37F2N5O7S. The number of carbonyl (C=O) groups is 1. The molecule has 1 saturated heterocycles. The van der Waals surface area contributed by atoms with Crippen molar-refractivity contribution in [1.29, 1.82) is 0 Å². The maximum absolute atomic E-state index is 13.5. The van der Waals surface area contributed by atoms with Gasteiger partial charge in [0.2, 0.25) is 5.88 Å². The summed E-state index contributed by atoms with van der Waals surface area (Å²) < 4.78 is 70.3. The predicted octanol–water partition coefficient (Wildman–Crippen LogP) is 5.98. The monoisotopic (exact) mass is 673 g/mol. The molecule has 3 N–H and O–H groups in total. The molecule has 2 aliphatic rings. The predicted molar refractivity (Wildman–Crippen MR) is 169 cm³/mol. The van der Waals surface area contributed by atoms with Gasteiger partial charge in [-0.15, -0.1) is 15.9 Å². The number of hydrogen-bond acceptors (Lipinski definition) is 10. The summed E-state index contributed by atoms with van der Waals surface area (Å²) in [6, 6.07) is 11.7. The van der Waals surface area contributed by atoms with Crippen molar-refractivity contribution >= 4 is 27.8 Å². The second-order valence-electron chi connectivity index (χ2n) is 12.6. The number of pyridine rings is 1. The summed E-state index contributed by atoms with van der Waals surface area (Å²) in [5.41, 5.74) is 0.837. The lowest BCUT2D eigenvalue weighted by Gasteiger charge is -2.44. The molecule has 0 radical (unpaired) electrons. The summed E-state index contributed by atoms with van der Waals surface area (Å²) in [5.74, 6) is -1.96. The largest absolute Gasteiger partial charge is 0.481 e. The summed E-state index contributed by atoms with van der Waals surface area (Å²) in [6.07, 6.45) is 2.60. The number of ether oxygens (including phenoxy) is 3. The third-order valence-electron chi connectivity index (χ3n) is 9.14. The van der Waals surface area contributed by atoms with Crippen molar-refractivity contribution in [3.63, 3.8) is 0 Å². The number of fused-ring (bicyclic) bond motifs is 2. The molecule has 0 amide bonds. The zero-order chi connectivity index (χ0) is 33.7. The van der Waals surface area contributed by atoms with E-state index < -0.39 is 40.3 Å². The van der Waals surface area contributed by atoms with E-state index in [1.807, 2.05) is 19.1 Å². The minimum atomic E-state index is -3.57. The van der Waals surface area contributed by atoms with E-state index >= 15 is 0 Å². The lowest BCUT2D eigenvalue weighted by atomic mass is 9.70. The molecular weight excluding hydrogens is 636 g/mol. The van der Waals surface area contributed by atoms with Gasteiger partial charge >= 0.3 is 12.6 Å². The second-order valence-corrected chi connectivity index (χ2v) is 14.6. The Morgan fingerprint density at radius 3 is 2.60 bits per heavy atom. The average Bonchev–Trinajstić information content (AvgIpc) is 3.35. The molecule has 1 unspecified atom stereocenters. The number of alkyl halides is 2. The van der Waals surface area contributed by atoms with Gasteiger partial charge in [0.05, 0.1) is 25.2 Å². The van der Waals surface area contributed by atoms with E-state index in [9.17, 15) is 27.8 Å². The van der Waals surface area contributed by atoms with E-state index in [2.05, 4.69) is 15.3 Å². The van der Waals surface area contributed by atoms with Crippen LogP contribution < -0.4 is 9.47 Å². The number of aryl methyl sites for hydroxylation is 2. The minimum absolute atomic E-state index is 0.0888. The molecule has 6 rings (SSSR count). The summed E-state index contributed by atoms with van der Waals surface area (Å²) in [7, 11) is -2.02. The maximum Gasteiger partial charge on any atom is 0.387 e. The molecule has 2 aliphatic heterocycles. The maximum atomic E-state index is 13.5. The van der Waals surface area contributed by atoms with Crippen molar-refractivity contribution in [2.75, 3.05) is 19.8 Å². The van der Waals surface area contributed by atoms with Crippen LogP contribution >= 0.6 is 10.8 Å². The molecule has 0 bridgehead atoms. The standard InChI is InChI=1S/C32H37F2N5O7S/c1-19-7-8-20(26(31(2,3)29(40)41)21-15-23-27(38(4)37-36-23)24(16-21)45-30(33)34)14-22(19)17-39-18-32(9-12-44-13-10-32)46-28-25(47(39,42)43)6-5-11-35-28/h5-8,11,14-16,26,30,42-43H,9-10,12-13,17-18H2,1-4H3,(H,40,41). The Morgan fingerprint density at radius 2 is 1.89 bits per heavy atom. The molecule has 15 heteroatoms. The summed E-state index contributed by atoms with van der Waals surface area (Å²) in [4.78, 5) is 17.3. The summed E-state index contributed by atoms with van der Waals surface area (Å²) >= 11 is 0. The van der Waals surface area contributed by atoms with E-state index in [4.69, 9.17) is 14.2 Å². The van der Waals surface area contributed by atoms with Gasteiger partial charge in [-0.05, 0) is 67.3 Å². The van der Waals surface area contributed by atoms with Crippen LogP contribution in [-0.2, 0) is 23.1 Å². The van der Waals surface area contributed by atoms with Crippen LogP contribution in [0.3, 0.4) is 0 Å². The zero-order valence-electron chi connectivity index (χ0n) is 26.4. The Morgan fingerprint density at radius 1 is 1.15 bits per heavy atom. The lowest BCUT2D eigenvalue weighted by molar-refractivity contribution is -0.147. The normalized spacial score (nSPS) is 19.2. The molecule has 4 heterocycles. The van der Waals surface area contributed by atoms with Crippen molar-refractivity contribution in [3.05, 3.63) is 70.9 Å². The highest BCUT2D eigenvalue weighted by Gasteiger charge is 2.46. The van der Waals surface area contributed by atoms with Gasteiger partial charge in [-0.2, -0.15) is 13.1 Å². The number of carboxylic acid groups (broad SMARTS) is 1. The van der Waals surface area contributed by atoms with Crippen molar-refractivity contribution in [3.8, 4) is 11.6 Å². The molecule has 1 spiro atoms. The highest BCUT2D eigenvalue weighted by molar-refractivity contribution is 8.22. The molecule has 12 nitrogen and oxygen atoms in total. The van der Waals surface area contributed by atoms with Gasteiger partial charge in [-0.1, -0.05) is 23.4 Å². The summed E-state index contributed by atoms with van der Waals surface area (Å²) in [5, 5.41) is 18.5. The number of carboxylic acids is 1. The first-order valence-corrected chi connectivity index (χ1v) is 16.6. The Hall–Kier alpha value is -3.89. The lowest BCUT2D eigenvalue weighted by Crippen LogP contribution is -2.49.